The standard InChI is InChI=1S/C15H18O3/c1-9-7-10-5-6-11(18-4)8-12(10)13(9)15(2,3)14(16)17/h5-6,8H,7H2,1-4H3,(H,16,17)/p-1. The van der Waals surface area contributed by atoms with Crippen LogP contribution in [0.1, 0.15) is 31.9 Å². The molecule has 1 aliphatic carbocycles. The third-order valence-corrected chi connectivity index (χ3v) is 3.60. The number of carbonyl (C=O) groups excluding carboxylic acids is 1. The average molecular weight is 245 g/mol. The van der Waals surface area contributed by atoms with E-state index in [2.05, 4.69) is 0 Å². The number of carboxylic acids is 1. The van der Waals surface area contributed by atoms with Crippen LogP contribution in [0.2, 0.25) is 0 Å². The van der Waals surface area contributed by atoms with Crippen molar-refractivity contribution in [3.63, 3.8) is 0 Å². The predicted octanol–water partition coefficient (Wildman–Crippen LogP) is 1.80. The van der Waals surface area contributed by atoms with Crippen LogP contribution in [0.15, 0.2) is 23.8 Å². The van der Waals surface area contributed by atoms with E-state index in [1.165, 1.54) is 0 Å². The summed E-state index contributed by atoms with van der Waals surface area (Å²) in [6.07, 6.45) is 0.797. The van der Waals surface area contributed by atoms with Gasteiger partial charge in [-0.3, -0.25) is 0 Å². The van der Waals surface area contributed by atoms with Crippen molar-refractivity contribution in [2.45, 2.75) is 27.2 Å². The molecule has 0 saturated carbocycles. The Morgan fingerprint density at radius 1 is 1.39 bits per heavy atom. The van der Waals surface area contributed by atoms with Gasteiger partial charge in [0.25, 0.3) is 0 Å². The van der Waals surface area contributed by atoms with Crippen molar-refractivity contribution >= 4 is 11.5 Å². The molecule has 2 rings (SSSR count). The van der Waals surface area contributed by atoms with Crippen molar-refractivity contribution in [3.8, 4) is 5.75 Å². The summed E-state index contributed by atoms with van der Waals surface area (Å²) < 4.78 is 5.21. The number of rotatable bonds is 3. The van der Waals surface area contributed by atoms with Crippen molar-refractivity contribution < 1.29 is 14.6 Å². The molecule has 0 amide bonds. The molecule has 0 N–H and O–H groups in total. The van der Waals surface area contributed by atoms with Gasteiger partial charge < -0.3 is 14.6 Å². The fourth-order valence-corrected chi connectivity index (χ4v) is 2.65. The molecule has 0 unspecified atom stereocenters. The van der Waals surface area contributed by atoms with Crippen LogP contribution in [0.5, 0.6) is 5.75 Å². The minimum absolute atomic E-state index is 0.745. The summed E-state index contributed by atoms with van der Waals surface area (Å²) in [5, 5.41) is 11.3. The van der Waals surface area contributed by atoms with E-state index in [9.17, 15) is 9.90 Å². The minimum atomic E-state index is -1.05. The third-order valence-electron chi connectivity index (χ3n) is 3.60. The van der Waals surface area contributed by atoms with E-state index in [1.54, 1.807) is 21.0 Å². The fourth-order valence-electron chi connectivity index (χ4n) is 2.65. The van der Waals surface area contributed by atoms with Crippen LogP contribution in [0, 0.1) is 5.41 Å². The van der Waals surface area contributed by atoms with Crippen LogP contribution in [-0.4, -0.2) is 13.1 Å². The number of carboxylic acid groups (broad SMARTS) is 1. The number of fused-ring (bicyclic) bond motifs is 1. The number of carbonyl (C=O) groups is 1. The largest absolute Gasteiger partial charge is 0.549 e. The molecule has 96 valence electrons. The van der Waals surface area contributed by atoms with Gasteiger partial charge in [0, 0.05) is 5.41 Å². The Labute approximate surface area is 107 Å². The Balaban J connectivity index is 2.58. The number of hydrogen-bond donors (Lipinski definition) is 0. The lowest BCUT2D eigenvalue weighted by Gasteiger charge is -2.29. The smallest absolute Gasteiger partial charge is 0.119 e. The Bertz CT molecular complexity index is 539. The van der Waals surface area contributed by atoms with Crippen molar-refractivity contribution in [3.05, 3.63) is 34.9 Å². The summed E-state index contributed by atoms with van der Waals surface area (Å²) in [7, 11) is 1.61. The number of methoxy groups -OCH3 is 1. The third kappa shape index (κ3) is 1.80. The van der Waals surface area contributed by atoms with Crippen molar-refractivity contribution in [1.82, 2.24) is 0 Å². The number of hydrogen-bond acceptors (Lipinski definition) is 3. The van der Waals surface area contributed by atoms with Crippen molar-refractivity contribution in [2.75, 3.05) is 7.11 Å². The van der Waals surface area contributed by atoms with Gasteiger partial charge in [-0.15, -0.1) is 0 Å². The van der Waals surface area contributed by atoms with Crippen LogP contribution < -0.4 is 9.84 Å². The number of benzene rings is 1. The molecule has 18 heavy (non-hydrogen) atoms. The Morgan fingerprint density at radius 3 is 2.61 bits per heavy atom. The quantitative estimate of drug-likeness (QED) is 0.816. The van der Waals surface area contributed by atoms with Crippen LogP contribution in [-0.2, 0) is 11.2 Å². The molecule has 1 aromatic rings. The Kier molecular flexibility index (Phi) is 2.93. The maximum absolute atomic E-state index is 11.3. The molecule has 0 bridgehead atoms. The van der Waals surface area contributed by atoms with Gasteiger partial charge in [-0.2, -0.15) is 0 Å². The first-order valence-corrected chi connectivity index (χ1v) is 5.97. The highest BCUT2D eigenvalue weighted by molar-refractivity contribution is 5.94. The summed E-state index contributed by atoms with van der Waals surface area (Å²) in [5.74, 6) is -0.303. The average Bonchev–Trinajstić information content (AvgIpc) is 2.63. The van der Waals surface area contributed by atoms with Crippen LogP contribution in [0.4, 0.5) is 0 Å². The van der Waals surface area contributed by atoms with Crippen LogP contribution >= 0.6 is 0 Å². The Morgan fingerprint density at radius 2 is 2.06 bits per heavy atom. The summed E-state index contributed by atoms with van der Waals surface area (Å²) in [6.45, 7) is 5.36. The van der Waals surface area contributed by atoms with Gasteiger partial charge in [0.15, 0.2) is 0 Å². The normalized spacial score (nSPS) is 14.7. The lowest BCUT2D eigenvalue weighted by Crippen LogP contribution is -2.38. The summed E-state index contributed by atoms with van der Waals surface area (Å²) >= 11 is 0. The maximum Gasteiger partial charge on any atom is 0.119 e. The van der Waals surface area contributed by atoms with E-state index >= 15 is 0 Å². The molecule has 0 atom stereocenters. The molecular weight excluding hydrogens is 228 g/mol. The second-order valence-corrected chi connectivity index (χ2v) is 5.27. The van der Waals surface area contributed by atoms with Gasteiger partial charge in [-0.1, -0.05) is 25.5 Å². The van der Waals surface area contributed by atoms with Gasteiger partial charge in [0.1, 0.15) is 5.75 Å². The molecule has 1 aromatic carbocycles. The monoisotopic (exact) mass is 245 g/mol. The zero-order valence-electron chi connectivity index (χ0n) is 11.2. The van der Waals surface area contributed by atoms with Gasteiger partial charge >= 0.3 is 0 Å². The van der Waals surface area contributed by atoms with E-state index < -0.39 is 11.4 Å². The van der Waals surface area contributed by atoms with Gasteiger partial charge in [-0.05, 0) is 42.2 Å². The zero-order chi connectivity index (χ0) is 13.5. The van der Waals surface area contributed by atoms with Crippen molar-refractivity contribution in [2.24, 2.45) is 5.41 Å². The second-order valence-electron chi connectivity index (χ2n) is 5.27. The predicted molar refractivity (Wildman–Crippen MR) is 68.1 cm³/mol. The molecule has 3 heteroatoms. The summed E-state index contributed by atoms with van der Waals surface area (Å²) in [4.78, 5) is 11.3. The molecule has 0 fully saturated rings. The number of ether oxygens (including phenoxy) is 1. The molecule has 0 spiro atoms. The van der Waals surface area contributed by atoms with Crippen molar-refractivity contribution in [1.29, 1.82) is 0 Å². The second kappa shape index (κ2) is 4.16. The topological polar surface area (TPSA) is 49.4 Å². The fraction of sp³-hybridized carbons (Fsp3) is 0.400. The van der Waals surface area contributed by atoms with E-state index in [0.717, 1.165) is 34.4 Å². The zero-order valence-corrected chi connectivity index (χ0v) is 11.2. The maximum atomic E-state index is 11.3. The van der Waals surface area contributed by atoms with E-state index in [-0.39, 0.29) is 0 Å². The molecule has 0 aliphatic heterocycles. The molecule has 0 aromatic heterocycles. The van der Waals surface area contributed by atoms with Gasteiger partial charge in [0.2, 0.25) is 0 Å². The van der Waals surface area contributed by atoms with Gasteiger partial charge in [-0.25, -0.2) is 0 Å². The summed E-state index contributed by atoms with van der Waals surface area (Å²) in [6, 6.07) is 5.81. The highest BCUT2D eigenvalue weighted by Gasteiger charge is 2.32. The molecule has 1 aliphatic rings. The molecule has 0 saturated heterocycles. The van der Waals surface area contributed by atoms with Crippen LogP contribution in [0.3, 0.4) is 0 Å². The number of allylic oxidation sites excluding steroid dienone is 1. The first-order valence-electron chi connectivity index (χ1n) is 5.97. The summed E-state index contributed by atoms with van der Waals surface area (Å²) in [5.41, 5.74) is 3.09. The molecule has 0 heterocycles. The molecule has 0 radical (unpaired) electrons. The lowest BCUT2D eigenvalue weighted by atomic mass is 9.80. The van der Waals surface area contributed by atoms with E-state index in [0.29, 0.717) is 0 Å². The number of aliphatic carboxylic acids is 1. The minimum Gasteiger partial charge on any atom is -0.549 e. The highest BCUT2D eigenvalue weighted by Crippen LogP contribution is 2.44. The highest BCUT2D eigenvalue weighted by atomic mass is 16.5. The van der Waals surface area contributed by atoms with E-state index in [4.69, 9.17) is 4.74 Å². The van der Waals surface area contributed by atoms with Gasteiger partial charge in [0.05, 0.1) is 13.1 Å². The Hall–Kier alpha value is -1.77. The SMILES string of the molecule is COc1ccc2c(c1)C(C(C)(C)C(=O)[O-])=C(C)C2. The first kappa shape index (κ1) is 12.7. The van der Waals surface area contributed by atoms with Crippen LogP contribution in [0.25, 0.3) is 5.57 Å². The molecular formula is C15H17O3-. The molecule has 3 nitrogen and oxygen atoms in total. The lowest BCUT2D eigenvalue weighted by molar-refractivity contribution is -0.314. The van der Waals surface area contributed by atoms with E-state index in [1.807, 2.05) is 25.1 Å². The first-order chi connectivity index (χ1) is 8.37.